The van der Waals surface area contributed by atoms with E-state index in [0.717, 1.165) is 58.4 Å². The molecule has 0 spiro atoms. The van der Waals surface area contributed by atoms with Crippen LogP contribution in [0.3, 0.4) is 0 Å². The van der Waals surface area contributed by atoms with Crippen molar-refractivity contribution in [3.63, 3.8) is 0 Å². The molecular weight excluding hydrogens is 394 g/mol. The van der Waals surface area contributed by atoms with Crippen LogP contribution in [-0.2, 0) is 0 Å². The Bertz CT molecular complexity index is 879. The summed E-state index contributed by atoms with van der Waals surface area (Å²) in [6.45, 7) is 8.16. The second-order valence-corrected chi connectivity index (χ2v) is 9.59. The number of aryl methyl sites for hydroxylation is 2. The van der Waals surface area contributed by atoms with Crippen LogP contribution in [0.25, 0.3) is 10.6 Å². The summed E-state index contributed by atoms with van der Waals surface area (Å²) in [4.78, 5) is 23.4. The van der Waals surface area contributed by atoms with Crippen molar-refractivity contribution < 1.29 is 9.53 Å². The van der Waals surface area contributed by atoms with Crippen LogP contribution in [0.15, 0.2) is 18.2 Å². The molecule has 1 amide bonds. The van der Waals surface area contributed by atoms with Crippen molar-refractivity contribution in [3.05, 3.63) is 34.3 Å². The highest BCUT2D eigenvalue weighted by Crippen LogP contribution is 2.32. The van der Waals surface area contributed by atoms with Gasteiger partial charge in [0.1, 0.15) is 15.6 Å². The number of hydrogen-bond donors (Lipinski definition) is 0. The molecule has 2 fully saturated rings. The van der Waals surface area contributed by atoms with Crippen LogP contribution in [0.2, 0.25) is 0 Å². The molecule has 2 saturated heterocycles. The molecular formula is C24H33N3O2S. The maximum atomic E-state index is 13.2. The van der Waals surface area contributed by atoms with Gasteiger partial charge in [-0.15, -0.1) is 11.3 Å². The number of thiazole rings is 1. The molecule has 2 aromatic rings. The zero-order chi connectivity index (χ0) is 21.1. The number of benzene rings is 1. The summed E-state index contributed by atoms with van der Waals surface area (Å²) in [5.74, 6) is 1.02. The molecule has 0 N–H and O–H groups in total. The number of rotatable bonds is 4. The van der Waals surface area contributed by atoms with Gasteiger partial charge >= 0.3 is 0 Å². The number of likely N-dealkylation sites (tertiary alicyclic amines) is 2. The third-order valence-corrected chi connectivity index (χ3v) is 7.74. The van der Waals surface area contributed by atoms with E-state index in [1.807, 2.05) is 30.9 Å². The lowest BCUT2D eigenvalue weighted by Crippen LogP contribution is -2.47. The Kier molecular flexibility index (Phi) is 6.74. The van der Waals surface area contributed by atoms with E-state index >= 15 is 0 Å². The van der Waals surface area contributed by atoms with Crippen LogP contribution in [0, 0.1) is 13.8 Å². The normalized spacial score (nSPS) is 19.0. The number of ether oxygens (including phenoxy) is 1. The minimum Gasteiger partial charge on any atom is -0.496 e. The van der Waals surface area contributed by atoms with Gasteiger partial charge in [-0.05, 0) is 76.4 Å². The molecule has 3 heterocycles. The van der Waals surface area contributed by atoms with Gasteiger partial charge in [-0.3, -0.25) is 4.79 Å². The van der Waals surface area contributed by atoms with Gasteiger partial charge in [0.05, 0.1) is 12.8 Å². The van der Waals surface area contributed by atoms with Gasteiger partial charge in [0, 0.05) is 24.7 Å². The van der Waals surface area contributed by atoms with Gasteiger partial charge < -0.3 is 14.5 Å². The fourth-order valence-corrected chi connectivity index (χ4v) is 5.80. The molecule has 162 valence electrons. The van der Waals surface area contributed by atoms with Gasteiger partial charge in [-0.2, -0.15) is 0 Å². The average molecular weight is 428 g/mol. The summed E-state index contributed by atoms with van der Waals surface area (Å²) < 4.78 is 5.36. The van der Waals surface area contributed by atoms with Crippen LogP contribution in [0.1, 0.15) is 59.5 Å². The molecule has 0 aliphatic carbocycles. The van der Waals surface area contributed by atoms with Crippen molar-refractivity contribution in [1.82, 2.24) is 14.8 Å². The van der Waals surface area contributed by atoms with Gasteiger partial charge in [-0.1, -0.05) is 12.8 Å². The molecule has 0 unspecified atom stereocenters. The van der Waals surface area contributed by atoms with E-state index in [1.54, 1.807) is 7.11 Å². The van der Waals surface area contributed by atoms with Crippen molar-refractivity contribution >= 4 is 17.2 Å². The molecule has 1 aromatic carbocycles. The number of methoxy groups -OCH3 is 1. The summed E-state index contributed by atoms with van der Waals surface area (Å²) in [5.41, 5.74) is 2.95. The first kappa shape index (κ1) is 21.3. The highest BCUT2D eigenvalue weighted by molar-refractivity contribution is 7.17. The first-order valence-corrected chi connectivity index (χ1v) is 12.0. The van der Waals surface area contributed by atoms with Crippen molar-refractivity contribution in [3.8, 4) is 16.3 Å². The van der Waals surface area contributed by atoms with Crippen molar-refractivity contribution in [2.24, 2.45) is 0 Å². The monoisotopic (exact) mass is 427 g/mol. The summed E-state index contributed by atoms with van der Waals surface area (Å²) in [6, 6.07) is 6.71. The van der Waals surface area contributed by atoms with Crippen LogP contribution in [0.5, 0.6) is 5.75 Å². The molecule has 6 heteroatoms. The quantitative estimate of drug-likeness (QED) is 0.695. The molecule has 0 bridgehead atoms. The van der Waals surface area contributed by atoms with Crippen molar-refractivity contribution in [2.75, 3.05) is 33.3 Å². The number of piperidine rings is 1. The Morgan fingerprint density at radius 2 is 1.77 bits per heavy atom. The van der Waals surface area contributed by atoms with Gasteiger partial charge in [0.25, 0.3) is 5.91 Å². The summed E-state index contributed by atoms with van der Waals surface area (Å²) in [6.07, 6.45) is 7.57. The Morgan fingerprint density at radius 1 is 1.07 bits per heavy atom. The Morgan fingerprint density at radius 3 is 2.40 bits per heavy atom. The Hall–Kier alpha value is -1.92. The van der Waals surface area contributed by atoms with Crippen LogP contribution in [-0.4, -0.2) is 60.0 Å². The Balaban J connectivity index is 1.42. The lowest BCUT2D eigenvalue weighted by molar-refractivity contribution is 0.0626. The fourth-order valence-electron chi connectivity index (χ4n) is 4.77. The maximum absolute atomic E-state index is 13.2. The molecule has 1 aromatic heterocycles. The van der Waals surface area contributed by atoms with E-state index in [-0.39, 0.29) is 5.91 Å². The number of carbonyl (C=O) groups is 1. The smallest absolute Gasteiger partial charge is 0.265 e. The standard InChI is InChI=1S/C24H33N3O2S/c1-17-16-19(8-9-21(17)29-3)23-25-18(2)22(30-23)24(28)27-14-10-20(11-15-27)26-12-6-4-5-7-13-26/h8-9,16,20H,4-7,10-15H2,1-3H3. The second-order valence-electron chi connectivity index (χ2n) is 8.59. The van der Waals surface area contributed by atoms with Gasteiger partial charge in [0.15, 0.2) is 0 Å². The minimum absolute atomic E-state index is 0.149. The summed E-state index contributed by atoms with van der Waals surface area (Å²) in [5, 5.41) is 0.904. The van der Waals surface area contributed by atoms with Gasteiger partial charge in [0.2, 0.25) is 0 Å². The topological polar surface area (TPSA) is 45.7 Å². The number of hydrogen-bond acceptors (Lipinski definition) is 5. The predicted octanol–water partition coefficient (Wildman–Crippen LogP) is 4.92. The Labute approximate surface area is 184 Å². The van der Waals surface area contributed by atoms with Crippen molar-refractivity contribution in [2.45, 2.75) is 58.4 Å². The van der Waals surface area contributed by atoms with E-state index in [2.05, 4.69) is 11.0 Å². The van der Waals surface area contributed by atoms with E-state index in [9.17, 15) is 4.79 Å². The molecule has 0 atom stereocenters. The third kappa shape index (κ3) is 4.54. The average Bonchev–Trinajstić information content (AvgIpc) is 2.97. The number of nitrogens with zero attached hydrogens (tertiary/aromatic N) is 3. The lowest BCUT2D eigenvalue weighted by atomic mass is 10.0. The van der Waals surface area contributed by atoms with Gasteiger partial charge in [-0.25, -0.2) is 4.98 Å². The predicted molar refractivity (Wildman–Crippen MR) is 123 cm³/mol. The zero-order valence-corrected chi connectivity index (χ0v) is 19.3. The van der Waals surface area contributed by atoms with Crippen LogP contribution in [0.4, 0.5) is 0 Å². The molecule has 4 rings (SSSR count). The second kappa shape index (κ2) is 9.48. The van der Waals surface area contributed by atoms with E-state index in [4.69, 9.17) is 9.72 Å². The lowest BCUT2D eigenvalue weighted by Gasteiger charge is -2.38. The summed E-state index contributed by atoms with van der Waals surface area (Å²) in [7, 11) is 1.68. The minimum atomic E-state index is 0.149. The third-order valence-electron chi connectivity index (χ3n) is 6.54. The van der Waals surface area contributed by atoms with E-state index < -0.39 is 0 Å². The first-order chi connectivity index (χ1) is 14.6. The molecule has 5 nitrogen and oxygen atoms in total. The maximum Gasteiger partial charge on any atom is 0.265 e. The highest BCUT2D eigenvalue weighted by atomic mass is 32.1. The zero-order valence-electron chi connectivity index (χ0n) is 18.4. The molecule has 2 aliphatic heterocycles. The van der Waals surface area contributed by atoms with E-state index in [1.165, 1.54) is 50.1 Å². The first-order valence-electron chi connectivity index (χ1n) is 11.2. The molecule has 0 saturated carbocycles. The van der Waals surface area contributed by atoms with Crippen molar-refractivity contribution in [1.29, 1.82) is 0 Å². The molecule has 0 radical (unpaired) electrons. The fraction of sp³-hybridized carbons (Fsp3) is 0.583. The number of carbonyl (C=O) groups excluding carboxylic acids is 1. The summed E-state index contributed by atoms with van der Waals surface area (Å²) >= 11 is 1.51. The largest absolute Gasteiger partial charge is 0.496 e. The SMILES string of the molecule is COc1ccc(-c2nc(C)c(C(=O)N3CCC(N4CCCCCC4)CC3)s2)cc1C. The van der Waals surface area contributed by atoms with Crippen LogP contribution >= 0.6 is 11.3 Å². The highest BCUT2D eigenvalue weighted by Gasteiger charge is 2.29. The number of amides is 1. The van der Waals surface area contributed by atoms with E-state index in [0.29, 0.717) is 6.04 Å². The molecule has 30 heavy (non-hydrogen) atoms. The van der Waals surface area contributed by atoms with Crippen LogP contribution < -0.4 is 4.74 Å². The molecule has 2 aliphatic rings. The number of aromatic nitrogens is 1.